The van der Waals surface area contributed by atoms with E-state index in [0.717, 1.165) is 31.9 Å². The van der Waals surface area contributed by atoms with E-state index in [2.05, 4.69) is 28.2 Å². The van der Waals surface area contributed by atoms with Gasteiger partial charge in [-0.25, -0.2) is 4.79 Å². The molecule has 1 atom stereocenters. The SMILES string of the molecule is COC(C)(C)CNC(=O)N1CCN([C@@H](C)c2ccccn2)CC1. The van der Waals surface area contributed by atoms with Gasteiger partial charge >= 0.3 is 6.03 Å². The molecule has 2 heterocycles. The van der Waals surface area contributed by atoms with Gasteiger partial charge in [-0.15, -0.1) is 0 Å². The summed E-state index contributed by atoms with van der Waals surface area (Å²) in [5.41, 5.74) is 0.734. The van der Waals surface area contributed by atoms with Crippen LogP contribution in [0.15, 0.2) is 24.4 Å². The van der Waals surface area contributed by atoms with Gasteiger partial charge in [-0.3, -0.25) is 9.88 Å². The molecule has 1 aliphatic heterocycles. The molecular formula is C17H28N4O2. The molecule has 0 aliphatic carbocycles. The van der Waals surface area contributed by atoms with Gasteiger partial charge in [-0.1, -0.05) is 6.07 Å². The molecule has 0 unspecified atom stereocenters. The van der Waals surface area contributed by atoms with Gasteiger partial charge in [0.05, 0.1) is 11.3 Å². The van der Waals surface area contributed by atoms with E-state index in [1.54, 1.807) is 7.11 Å². The van der Waals surface area contributed by atoms with E-state index in [4.69, 9.17) is 4.74 Å². The van der Waals surface area contributed by atoms with Crippen LogP contribution >= 0.6 is 0 Å². The Morgan fingerprint density at radius 2 is 2.04 bits per heavy atom. The molecule has 6 heteroatoms. The van der Waals surface area contributed by atoms with Crippen molar-refractivity contribution in [1.82, 2.24) is 20.1 Å². The molecule has 0 spiro atoms. The third kappa shape index (κ3) is 4.91. The number of carbonyl (C=O) groups excluding carboxylic acids is 1. The van der Waals surface area contributed by atoms with Crippen molar-refractivity contribution in [3.8, 4) is 0 Å². The standard InChI is InChI=1S/C17H28N4O2/c1-14(15-7-5-6-8-18-15)20-9-11-21(12-10-20)16(22)19-13-17(2,3)23-4/h5-8,14H,9-13H2,1-4H3,(H,19,22)/t14-/m0/s1. The molecule has 128 valence electrons. The highest BCUT2D eigenvalue weighted by Crippen LogP contribution is 2.19. The van der Waals surface area contributed by atoms with Gasteiger partial charge in [-0.05, 0) is 32.9 Å². The Balaban J connectivity index is 1.80. The number of ether oxygens (including phenoxy) is 1. The number of aromatic nitrogens is 1. The van der Waals surface area contributed by atoms with Crippen molar-refractivity contribution in [3.05, 3.63) is 30.1 Å². The molecule has 1 fully saturated rings. The molecule has 0 aromatic carbocycles. The molecule has 1 saturated heterocycles. The number of nitrogens with zero attached hydrogens (tertiary/aromatic N) is 3. The highest BCUT2D eigenvalue weighted by Gasteiger charge is 2.26. The lowest BCUT2D eigenvalue weighted by Gasteiger charge is -2.38. The van der Waals surface area contributed by atoms with Crippen LogP contribution in [0.4, 0.5) is 4.79 Å². The van der Waals surface area contributed by atoms with E-state index in [1.807, 2.05) is 37.1 Å². The first-order valence-electron chi connectivity index (χ1n) is 8.16. The predicted octanol–water partition coefficient (Wildman–Crippen LogP) is 1.89. The number of amides is 2. The van der Waals surface area contributed by atoms with Crippen LogP contribution < -0.4 is 5.32 Å². The first-order chi connectivity index (χ1) is 10.9. The van der Waals surface area contributed by atoms with E-state index in [1.165, 1.54) is 0 Å². The second-order valence-corrected chi connectivity index (χ2v) is 6.58. The van der Waals surface area contributed by atoms with E-state index in [0.29, 0.717) is 6.54 Å². The van der Waals surface area contributed by atoms with Crippen LogP contribution in [0.25, 0.3) is 0 Å². The topological polar surface area (TPSA) is 57.7 Å². The van der Waals surface area contributed by atoms with Gasteiger partial charge in [0.25, 0.3) is 0 Å². The summed E-state index contributed by atoms with van der Waals surface area (Å²) in [6.07, 6.45) is 1.83. The van der Waals surface area contributed by atoms with E-state index in [-0.39, 0.29) is 17.7 Å². The monoisotopic (exact) mass is 320 g/mol. The number of rotatable bonds is 5. The summed E-state index contributed by atoms with van der Waals surface area (Å²) >= 11 is 0. The molecular weight excluding hydrogens is 292 g/mol. The lowest BCUT2D eigenvalue weighted by molar-refractivity contribution is 0.0235. The van der Waals surface area contributed by atoms with Crippen LogP contribution in [0.3, 0.4) is 0 Å². The minimum absolute atomic E-state index is 0.0136. The lowest BCUT2D eigenvalue weighted by Crippen LogP contribution is -2.53. The van der Waals surface area contributed by atoms with Crippen molar-refractivity contribution in [3.63, 3.8) is 0 Å². The summed E-state index contributed by atoms with van der Waals surface area (Å²) in [7, 11) is 1.66. The summed E-state index contributed by atoms with van der Waals surface area (Å²) in [5, 5.41) is 2.95. The largest absolute Gasteiger partial charge is 0.377 e. The summed E-state index contributed by atoms with van der Waals surface area (Å²) in [6, 6.07) is 6.26. The van der Waals surface area contributed by atoms with Gasteiger partial charge in [0.1, 0.15) is 0 Å². The predicted molar refractivity (Wildman–Crippen MR) is 90.3 cm³/mol. The number of piperazine rings is 1. The molecule has 1 aromatic rings. The first kappa shape index (κ1) is 17.7. The molecule has 23 heavy (non-hydrogen) atoms. The fraction of sp³-hybridized carbons (Fsp3) is 0.647. The Bertz CT molecular complexity index is 499. The highest BCUT2D eigenvalue weighted by molar-refractivity contribution is 5.74. The average Bonchev–Trinajstić information content (AvgIpc) is 2.60. The molecule has 6 nitrogen and oxygen atoms in total. The average molecular weight is 320 g/mol. The lowest BCUT2D eigenvalue weighted by atomic mass is 10.1. The maximum Gasteiger partial charge on any atom is 0.317 e. The molecule has 1 aromatic heterocycles. The van der Waals surface area contributed by atoms with E-state index >= 15 is 0 Å². The van der Waals surface area contributed by atoms with Crippen LogP contribution in [0.2, 0.25) is 0 Å². The van der Waals surface area contributed by atoms with Crippen molar-refractivity contribution >= 4 is 6.03 Å². The number of nitrogens with one attached hydrogen (secondary N) is 1. The fourth-order valence-corrected chi connectivity index (χ4v) is 2.59. The second kappa shape index (κ2) is 7.75. The zero-order chi connectivity index (χ0) is 16.9. The molecule has 0 radical (unpaired) electrons. The highest BCUT2D eigenvalue weighted by atomic mass is 16.5. The van der Waals surface area contributed by atoms with Crippen LogP contribution in [-0.2, 0) is 4.74 Å². The van der Waals surface area contributed by atoms with E-state index in [9.17, 15) is 4.79 Å². The normalized spacial score (nSPS) is 17.8. The number of methoxy groups -OCH3 is 1. The third-order valence-electron chi connectivity index (χ3n) is 4.48. The number of urea groups is 1. The van der Waals surface area contributed by atoms with Crippen molar-refractivity contribution < 1.29 is 9.53 Å². The van der Waals surface area contributed by atoms with Crippen molar-refractivity contribution in [1.29, 1.82) is 0 Å². The Morgan fingerprint density at radius 1 is 1.35 bits per heavy atom. The van der Waals surface area contributed by atoms with Gasteiger partial charge in [-0.2, -0.15) is 0 Å². The first-order valence-corrected chi connectivity index (χ1v) is 8.16. The quantitative estimate of drug-likeness (QED) is 0.900. The Hall–Kier alpha value is -1.66. The maximum absolute atomic E-state index is 12.2. The Morgan fingerprint density at radius 3 is 2.61 bits per heavy atom. The molecule has 2 rings (SSSR count). The molecule has 0 bridgehead atoms. The van der Waals surface area contributed by atoms with Crippen molar-refractivity contribution in [2.45, 2.75) is 32.4 Å². The van der Waals surface area contributed by atoms with E-state index < -0.39 is 0 Å². The van der Waals surface area contributed by atoms with Gasteiger partial charge < -0.3 is 15.0 Å². The number of hydrogen-bond donors (Lipinski definition) is 1. The van der Waals surface area contributed by atoms with Crippen LogP contribution in [0.1, 0.15) is 32.5 Å². The number of carbonyl (C=O) groups is 1. The Kier molecular flexibility index (Phi) is 5.96. The summed E-state index contributed by atoms with van der Waals surface area (Å²) in [6.45, 7) is 9.77. The second-order valence-electron chi connectivity index (χ2n) is 6.58. The zero-order valence-electron chi connectivity index (χ0n) is 14.6. The fourth-order valence-electron chi connectivity index (χ4n) is 2.59. The molecule has 2 amide bonds. The number of hydrogen-bond acceptors (Lipinski definition) is 4. The van der Waals surface area contributed by atoms with Crippen molar-refractivity contribution in [2.75, 3.05) is 39.8 Å². The van der Waals surface area contributed by atoms with Gasteiger partial charge in [0, 0.05) is 52.1 Å². The van der Waals surface area contributed by atoms with Crippen LogP contribution in [0.5, 0.6) is 0 Å². The minimum atomic E-state index is -0.342. The molecule has 1 N–H and O–H groups in total. The number of pyridine rings is 1. The molecule has 0 saturated carbocycles. The smallest absolute Gasteiger partial charge is 0.317 e. The zero-order valence-corrected chi connectivity index (χ0v) is 14.6. The van der Waals surface area contributed by atoms with Crippen LogP contribution in [-0.4, -0.2) is 66.2 Å². The summed E-state index contributed by atoms with van der Waals surface area (Å²) in [4.78, 5) is 20.9. The summed E-state index contributed by atoms with van der Waals surface area (Å²) < 4.78 is 5.32. The van der Waals surface area contributed by atoms with Crippen LogP contribution in [0, 0.1) is 0 Å². The van der Waals surface area contributed by atoms with Gasteiger partial charge in [0.15, 0.2) is 0 Å². The third-order valence-corrected chi connectivity index (χ3v) is 4.48. The van der Waals surface area contributed by atoms with Gasteiger partial charge in [0.2, 0.25) is 0 Å². The molecule has 1 aliphatic rings. The summed E-state index contributed by atoms with van der Waals surface area (Å²) in [5.74, 6) is 0. The minimum Gasteiger partial charge on any atom is -0.377 e. The van der Waals surface area contributed by atoms with Crippen molar-refractivity contribution in [2.24, 2.45) is 0 Å². The maximum atomic E-state index is 12.2. The Labute approximate surface area is 138 Å².